The Bertz CT molecular complexity index is 223. The van der Waals surface area contributed by atoms with Crippen LogP contribution >= 0.6 is 11.6 Å². The van der Waals surface area contributed by atoms with Crippen LogP contribution in [-0.4, -0.2) is 29.3 Å². The first-order valence-corrected chi connectivity index (χ1v) is 6.14. The minimum atomic E-state index is 0.235. The number of rotatable bonds is 5. The van der Waals surface area contributed by atoms with E-state index in [1.807, 2.05) is 4.90 Å². The van der Waals surface area contributed by atoms with Crippen molar-refractivity contribution < 1.29 is 4.79 Å². The number of carbonyl (C=O) groups is 1. The fourth-order valence-electron chi connectivity index (χ4n) is 2.01. The van der Waals surface area contributed by atoms with Crippen molar-refractivity contribution in [3.63, 3.8) is 0 Å². The first-order valence-electron chi connectivity index (χ1n) is 5.60. The van der Waals surface area contributed by atoms with Gasteiger partial charge in [-0.1, -0.05) is 6.92 Å². The molecule has 80 valence electrons. The summed E-state index contributed by atoms with van der Waals surface area (Å²) in [5.41, 5.74) is 0. The zero-order valence-corrected chi connectivity index (χ0v) is 9.46. The van der Waals surface area contributed by atoms with E-state index in [1.165, 1.54) is 25.7 Å². The Balaban J connectivity index is 1.91. The number of alkyl halides is 1. The van der Waals surface area contributed by atoms with Gasteiger partial charge in [0, 0.05) is 24.4 Å². The summed E-state index contributed by atoms with van der Waals surface area (Å²) in [5, 5.41) is 0. The van der Waals surface area contributed by atoms with E-state index in [0.717, 1.165) is 6.54 Å². The molecule has 2 fully saturated rings. The van der Waals surface area contributed by atoms with Crippen LogP contribution in [0.2, 0.25) is 0 Å². The average Bonchev–Trinajstić information content (AvgIpc) is 3.05. The van der Waals surface area contributed by atoms with Crippen LogP contribution in [0.1, 0.15) is 32.6 Å². The van der Waals surface area contributed by atoms with Gasteiger partial charge in [0.2, 0.25) is 5.91 Å². The average molecular weight is 216 g/mol. The number of nitrogens with zero attached hydrogens (tertiary/aromatic N) is 1. The molecule has 1 unspecified atom stereocenters. The van der Waals surface area contributed by atoms with Crippen molar-refractivity contribution in [1.82, 2.24) is 4.90 Å². The second kappa shape index (κ2) is 4.09. The molecule has 1 amide bonds. The van der Waals surface area contributed by atoms with Crippen LogP contribution in [0.15, 0.2) is 0 Å². The van der Waals surface area contributed by atoms with Crippen LogP contribution in [0.5, 0.6) is 0 Å². The smallest absolute Gasteiger partial charge is 0.225 e. The third-order valence-corrected chi connectivity index (χ3v) is 3.48. The fourth-order valence-corrected chi connectivity index (χ4v) is 2.19. The van der Waals surface area contributed by atoms with E-state index in [9.17, 15) is 4.79 Å². The molecule has 0 heterocycles. The Morgan fingerprint density at radius 3 is 2.50 bits per heavy atom. The molecular weight excluding hydrogens is 198 g/mol. The Hall–Kier alpha value is -0.240. The summed E-state index contributed by atoms with van der Waals surface area (Å²) < 4.78 is 0. The van der Waals surface area contributed by atoms with E-state index in [2.05, 4.69) is 6.92 Å². The van der Waals surface area contributed by atoms with Crippen LogP contribution in [0.4, 0.5) is 0 Å². The van der Waals surface area contributed by atoms with Gasteiger partial charge < -0.3 is 4.90 Å². The summed E-state index contributed by atoms with van der Waals surface area (Å²) in [6.45, 7) is 2.81. The molecule has 0 spiro atoms. The molecule has 2 rings (SSSR count). The number of hydrogen-bond donors (Lipinski definition) is 0. The molecule has 2 aliphatic rings. The molecule has 0 radical (unpaired) electrons. The second-order valence-electron chi connectivity index (χ2n) is 4.58. The maximum atomic E-state index is 12.1. The zero-order valence-electron chi connectivity index (χ0n) is 8.71. The highest BCUT2D eigenvalue weighted by atomic mass is 35.5. The third-order valence-electron chi connectivity index (χ3n) is 3.31. The van der Waals surface area contributed by atoms with Crippen LogP contribution in [0, 0.1) is 11.8 Å². The van der Waals surface area contributed by atoms with Gasteiger partial charge >= 0.3 is 0 Å². The molecule has 14 heavy (non-hydrogen) atoms. The molecule has 1 atom stereocenters. The lowest BCUT2D eigenvalue weighted by Gasteiger charge is -2.24. The molecule has 0 aromatic carbocycles. The summed E-state index contributed by atoms with van der Waals surface area (Å²) in [4.78, 5) is 14.1. The maximum Gasteiger partial charge on any atom is 0.225 e. The largest absolute Gasteiger partial charge is 0.338 e. The van der Waals surface area contributed by atoms with Crippen LogP contribution in [-0.2, 0) is 4.79 Å². The van der Waals surface area contributed by atoms with Gasteiger partial charge in [0.1, 0.15) is 0 Å². The topological polar surface area (TPSA) is 20.3 Å². The van der Waals surface area contributed by atoms with Crippen molar-refractivity contribution in [3.05, 3.63) is 0 Å². The van der Waals surface area contributed by atoms with E-state index in [4.69, 9.17) is 11.6 Å². The van der Waals surface area contributed by atoms with Crippen molar-refractivity contribution in [3.8, 4) is 0 Å². The van der Waals surface area contributed by atoms with E-state index in [-0.39, 0.29) is 5.92 Å². The van der Waals surface area contributed by atoms with E-state index >= 15 is 0 Å². The highest BCUT2D eigenvalue weighted by molar-refractivity contribution is 6.18. The lowest BCUT2D eigenvalue weighted by Crippen LogP contribution is -2.39. The zero-order chi connectivity index (χ0) is 10.1. The van der Waals surface area contributed by atoms with E-state index in [0.29, 0.717) is 23.7 Å². The minimum absolute atomic E-state index is 0.235. The highest BCUT2D eigenvalue weighted by Crippen LogP contribution is 2.39. The molecule has 0 aliphatic heterocycles. The number of hydrogen-bond acceptors (Lipinski definition) is 1. The lowest BCUT2D eigenvalue weighted by atomic mass is 10.0. The summed E-state index contributed by atoms with van der Waals surface area (Å²) in [6, 6.07) is 0.516. The monoisotopic (exact) mass is 215 g/mol. The van der Waals surface area contributed by atoms with E-state index in [1.54, 1.807) is 0 Å². The minimum Gasteiger partial charge on any atom is -0.338 e. The molecular formula is C11H18ClNO. The van der Waals surface area contributed by atoms with E-state index < -0.39 is 0 Å². The van der Waals surface area contributed by atoms with Gasteiger partial charge in [-0.15, -0.1) is 11.6 Å². The SMILES string of the molecule is CC(C(=O)N(CCCl)C1CC1)C1CC1. The van der Waals surface area contributed by atoms with Crippen molar-refractivity contribution in [1.29, 1.82) is 0 Å². The van der Waals surface area contributed by atoms with Gasteiger partial charge in [0.15, 0.2) is 0 Å². The van der Waals surface area contributed by atoms with Gasteiger partial charge in [-0.2, -0.15) is 0 Å². The second-order valence-corrected chi connectivity index (χ2v) is 4.96. The fraction of sp³-hybridized carbons (Fsp3) is 0.909. The molecule has 2 nitrogen and oxygen atoms in total. The Morgan fingerprint density at radius 2 is 2.07 bits per heavy atom. The van der Waals surface area contributed by atoms with Crippen molar-refractivity contribution in [2.45, 2.75) is 38.6 Å². The Kier molecular flexibility index (Phi) is 3.01. The Morgan fingerprint density at radius 1 is 1.43 bits per heavy atom. The first-order chi connectivity index (χ1) is 6.74. The third kappa shape index (κ3) is 2.22. The number of halogens is 1. The summed E-state index contributed by atoms with van der Waals surface area (Å²) in [5.74, 6) is 1.81. The van der Waals surface area contributed by atoms with Crippen molar-refractivity contribution in [2.75, 3.05) is 12.4 Å². The van der Waals surface area contributed by atoms with Crippen LogP contribution in [0.3, 0.4) is 0 Å². The van der Waals surface area contributed by atoms with Gasteiger partial charge in [0.05, 0.1) is 0 Å². The lowest BCUT2D eigenvalue weighted by molar-refractivity contribution is -0.136. The molecule has 0 saturated heterocycles. The predicted molar refractivity (Wildman–Crippen MR) is 57.3 cm³/mol. The highest BCUT2D eigenvalue weighted by Gasteiger charge is 2.39. The molecule has 2 saturated carbocycles. The number of amides is 1. The number of carbonyl (C=O) groups excluding carboxylic acids is 1. The van der Waals surface area contributed by atoms with Crippen LogP contribution in [0.25, 0.3) is 0 Å². The molecule has 2 aliphatic carbocycles. The summed E-state index contributed by atoms with van der Waals surface area (Å²) in [7, 11) is 0. The molecule has 0 aromatic rings. The van der Waals surface area contributed by atoms with Crippen molar-refractivity contribution in [2.24, 2.45) is 11.8 Å². The molecule has 0 aromatic heterocycles. The molecule has 0 N–H and O–H groups in total. The van der Waals surface area contributed by atoms with Gasteiger partial charge in [-0.25, -0.2) is 0 Å². The quantitative estimate of drug-likeness (QED) is 0.645. The summed E-state index contributed by atoms with van der Waals surface area (Å²) in [6.07, 6.45) is 4.85. The molecule has 3 heteroatoms. The van der Waals surface area contributed by atoms with Gasteiger partial charge in [-0.05, 0) is 31.6 Å². The molecule has 0 bridgehead atoms. The van der Waals surface area contributed by atoms with Gasteiger partial charge in [0.25, 0.3) is 0 Å². The normalized spacial score (nSPS) is 23.3. The van der Waals surface area contributed by atoms with Gasteiger partial charge in [-0.3, -0.25) is 4.79 Å². The summed E-state index contributed by atoms with van der Waals surface area (Å²) >= 11 is 5.72. The standard InChI is InChI=1S/C11H18ClNO/c1-8(9-2-3-9)11(14)13(7-6-12)10-4-5-10/h8-10H,2-7H2,1H3. The predicted octanol–water partition coefficient (Wildman–Crippen LogP) is 2.26. The first kappa shape index (κ1) is 10.3. The Labute approximate surface area is 90.6 Å². The van der Waals surface area contributed by atoms with Crippen molar-refractivity contribution >= 4 is 17.5 Å². The maximum absolute atomic E-state index is 12.1. The van der Waals surface area contributed by atoms with Crippen LogP contribution < -0.4 is 0 Å².